The zero-order valence-electron chi connectivity index (χ0n) is 14.0. The van der Waals surface area contributed by atoms with Gasteiger partial charge in [0.05, 0.1) is 17.3 Å². The minimum absolute atomic E-state index is 0.258. The zero-order valence-corrected chi connectivity index (χ0v) is 14.9. The van der Waals surface area contributed by atoms with Gasteiger partial charge in [0.15, 0.2) is 0 Å². The van der Waals surface area contributed by atoms with Gasteiger partial charge in [-0.25, -0.2) is 0 Å². The Morgan fingerprint density at radius 2 is 2.04 bits per heavy atom. The number of nitrogens with zero attached hydrogens (tertiary/aromatic N) is 2. The summed E-state index contributed by atoms with van der Waals surface area (Å²) in [5.74, 6) is 0. The van der Waals surface area contributed by atoms with Crippen LogP contribution in [0.1, 0.15) is 28.6 Å². The Kier molecular flexibility index (Phi) is 4.60. The Bertz CT molecular complexity index is 818. The van der Waals surface area contributed by atoms with Crippen LogP contribution in [0, 0.1) is 6.92 Å². The highest BCUT2D eigenvalue weighted by Gasteiger charge is 2.25. The third-order valence-electron chi connectivity index (χ3n) is 4.66. The van der Waals surface area contributed by atoms with Gasteiger partial charge in [-0.3, -0.25) is 9.88 Å². The lowest BCUT2D eigenvalue weighted by Crippen LogP contribution is -2.33. The molecule has 1 N–H and O–H groups in total. The first-order valence-corrected chi connectivity index (χ1v) is 9.55. The van der Waals surface area contributed by atoms with E-state index in [1.807, 2.05) is 11.3 Å². The molecule has 0 saturated carbocycles. The fourth-order valence-corrected chi connectivity index (χ4v) is 4.51. The third-order valence-corrected chi connectivity index (χ3v) is 5.76. The molecule has 2 aromatic heterocycles. The number of hydrogen-bond acceptors (Lipinski definition) is 4. The molecular weight excluding hydrogens is 314 g/mol. The quantitative estimate of drug-likeness (QED) is 0.783. The van der Waals surface area contributed by atoms with Crippen molar-refractivity contribution in [3.63, 3.8) is 0 Å². The number of thiophene rings is 1. The Labute approximate surface area is 147 Å². The first-order chi connectivity index (χ1) is 11.8. The van der Waals surface area contributed by atoms with Gasteiger partial charge < -0.3 is 5.32 Å². The molecule has 24 heavy (non-hydrogen) atoms. The fourth-order valence-electron chi connectivity index (χ4n) is 3.47. The van der Waals surface area contributed by atoms with Crippen molar-refractivity contribution in [2.75, 3.05) is 26.2 Å². The number of rotatable bonds is 3. The van der Waals surface area contributed by atoms with Crippen molar-refractivity contribution in [1.82, 2.24) is 15.2 Å². The third kappa shape index (κ3) is 3.22. The minimum Gasteiger partial charge on any atom is -0.315 e. The molecule has 3 heterocycles. The van der Waals surface area contributed by atoms with E-state index in [4.69, 9.17) is 4.98 Å². The summed E-state index contributed by atoms with van der Waals surface area (Å²) in [6.07, 6.45) is 1.19. The Morgan fingerprint density at radius 1 is 1.12 bits per heavy atom. The number of aromatic nitrogens is 1. The zero-order chi connectivity index (χ0) is 16.4. The number of para-hydroxylation sites is 1. The van der Waals surface area contributed by atoms with Gasteiger partial charge in [0, 0.05) is 29.9 Å². The Morgan fingerprint density at radius 3 is 2.92 bits per heavy atom. The van der Waals surface area contributed by atoms with Gasteiger partial charge >= 0.3 is 0 Å². The summed E-state index contributed by atoms with van der Waals surface area (Å²) < 4.78 is 0. The van der Waals surface area contributed by atoms with Crippen LogP contribution >= 0.6 is 11.3 Å². The number of benzene rings is 1. The maximum atomic E-state index is 5.01. The van der Waals surface area contributed by atoms with E-state index in [-0.39, 0.29) is 6.04 Å². The molecule has 1 fully saturated rings. The van der Waals surface area contributed by atoms with E-state index >= 15 is 0 Å². The fraction of sp³-hybridized carbons (Fsp3) is 0.350. The molecule has 1 aromatic carbocycles. The van der Waals surface area contributed by atoms with Crippen LogP contribution in [0.15, 0.2) is 47.8 Å². The molecule has 1 aliphatic heterocycles. The molecule has 3 nitrogen and oxygen atoms in total. The molecule has 4 heteroatoms. The van der Waals surface area contributed by atoms with E-state index in [1.165, 1.54) is 22.2 Å². The van der Waals surface area contributed by atoms with Gasteiger partial charge in [-0.1, -0.05) is 24.3 Å². The van der Waals surface area contributed by atoms with Crippen molar-refractivity contribution < 1.29 is 0 Å². The molecule has 0 bridgehead atoms. The largest absolute Gasteiger partial charge is 0.315 e. The summed E-state index contributed by atoms with van der Waals surface area (Å²) in [6.45, 7) is 6.51. The van der Waals surface area contributed by atoms with Crippen LogP contribution in [0.5, 0.6) is 0 Å². The monoisotopic (exact) mass is 337 g/mol. The molecule has 1 atom stereocenters. The van der Waals surface area contributed by atoms with Crippen LogP contribution in [-0.2, 0) is 0 Å². The van der Waals surface area contributed by atoms with Crippen LogP contribution in [0.2, 0.25) is 0 Å². The van der Waals surface area contributed by atoms with E-state index in [9.17, 15) is 0 Å². The normalized spacial score (nSPS) is 17.7. The maximum Gasteiger partial charge on any atom is 0.0870 e. The molecule has 124 valence electrons. The van der Waals surface area contributed by atoms with Crippen molar-refractivity contribution in [2.24, 2.45) is 0 Å². The van der Waals surface area contributed by atoms with Crippen LogP contribution in [0.25, 0.3) is 10.9 Å². The molecule has 0 radical (unpaired) electrons. The van der Waals surface area contributed by atoms with Crippen molar-refractivity contribution in [3.8, 4) is 0 Å². The van der Waals surface area contributed by atoms with Crippen molar-refractivity contribution >= 4 is 22.2 Å². The van der Waals surface area contributed by atoms with E-state index < -0.39 is 0 Å². The highest BCUT2D eigenvalue weighted by molar-refractivity contribution is 7.10. The van der Waals surface area contributed by atoms with Crippen LogP contribution in [0.4, 0.5) is 0 Å². The molecule has 1 aliphatic rings. The lowest BCUT2D eigenvalue weighted by Gasteiger charge is -2.29. The van der Waals surface area contributed by atoms with Gasteiger partial charge in [-0.15, -0.1) is 11.3 Å². The maximum absolute atomic E-state index is 5.01. The molecule has 0 spiro atoms. The number of pyridine rings is 1. The van der Waals surface area contributed by atoms with Crippen LogP contribution in [0.3, 0.4) is 0 Å². The second-order valence-corrected chi connectivity index (χ2v) is 7.44. The van der Waals surface area contributed by atoms with Crippen molar-refractivity contribution in [3.05, 3.63) is 64.0 Å². The summed E-state index contributed by atoms with van der Waals surface area (Å²) >= 11 is 1.86. The lowest BCUT2D eigenvalue weighted by atomic mass is 10.1. The summed E-state index contributed by atoms with van der Waals surface area (Å²) in [4.78, 5) is 9.00. The van der Waals surface area contributed by atoms with Crippen molar-refractivity contribution in [2.45, 2.75) is 19.4 Å². The van der Waals surface area contributed by atoms with E-state index in [0.717, 1.165) is 37.4 Å². The lowest BCUT2D eigenvalue weighted by molar-refractivity contribution is 0.240. The van der Waals surface area contributed by atoms with Gasteiger partial charge in [-0.05, 0) is 49.0 Å². The van der Waals surface area contributed by atoms with E-state index in [0.29, 0.717) is 0 Å². The van der Waals surface area contributed by atoms with E-state index in [1.54, 1.807) is 0 Å². The predicted molar refractivity (Wildman–Crippen MR) is 102 cm³/mol. The van der Waals surface area contributed by atoms with Gasteiger partial charge in [0.25, 0.3) is 0 Å². The molecular formula is C20H23N3S. The topological polar surface area (TPSA) is 28.2 Å². The SMILES string of the molecule is Cc1csc(C(c2ccc3ccccc3n2)N2CCCNCC2)c1. The van der Waals surface area contributed by atoms with Gasteiger partial charge in [-0.2, -0.15) is 0 Å². The number of nitrogens with one attached hydrogen (secondary N) is 1. The molecule has 0 aliphatic carbocycles. The summed E-state index contributed by atoms with van der Waals surface area (Å²) in [5, 5.41) is 6.97. The Hall–Kier alpha value is -1.75. The molecule has 1 unspecified atom stereocenters. The molecule has 4 rings (SSSR count). The van der Waals surface area contributed by atoms with E-state index in [2.05, 4.69) is 65.0 Å². The van der Waals surface area contributed by atoms with Gasteiger partial charge in [0.1, 0.15) is 0 Å². The molecule has 3 aromatic rings. The molecule has 0 amide bonds. The Balaban J connectivity index is 1.77. The predicted octanol–water partition coefficient (Wildman–Crippen LogP) is 3.99. The highest BCUT2D eigenvalue weighted by Crippen LogP contribution is 2.33. The minimum atomic E-state index is 0.258. The average molecular weight is 337 g/mol. The second-order valence-electron chi connectivity index (χ2n) is 6.50. The number of aryl methyl sites for hydroxylation is 1. The van der Waals surface area contributed by atoms with Crippen LogP contribution < -0.4 is 5.32 Å². The summed E-state index contributed by atoms with van der Waals surface area (Å²) in [5.41, 5.74) is 3.59. The molecule has 1 saturated heterocycles. The first-order valence-electron chi connectivity index (χ1n) is 8.67. The average Bonchev–Trinajstić information content (AvgIpc) is 2.86. The summed E-state index contributed by atoms with van der Waals surface area (Å²) in [7, 11) is 0. The number of fused-ring (bicyclic) bond motifs is 1. The van der Waals surface area contributed by atoms with Gasteiger partial charge in [0.2, 0.25) is 0 Å². The van der Waals surface area contributed by atoms with Crippen molar-refractivity contribution in [1.29, 1.82) is 0 Å². The number of hydrogen-bond donors (Lipinski definition) is 1. The highest BCUT2D eigenvalue weighted by atomic mass is 32.1. The first kappa shape index (κ1) is 15.8. The standard InChI is InChI=1S/C20H23N3S/c1-15-13-19(24-14-15)20(23-11-4-9-21-10-12-23)18-8-7-16-5-2-3-6-17(16)22-18/h2-3,5-8,13-14,20-21H,4,9-12H2,1H3. The summed E-state index contributed by atoms with van der Waals surface area (Å²) in [6, 6.07) is 15.4. The smallest absolute Gasteiger partial charge is 0.0870 e. The van der Waals surface area contributed by atoms with Crippen LogP contribution in [-0.4, -0.2) is 36.1 Å². The second kappa shape index (κ2) is 7.01.